The van der Waals surface area contributed by atoms with Crippen molar-refractivity contribution in [3.05, 3.63) is 28.1 Å². The van der Waals surface area contributed by atoms with Crippen LogP contribution in [0.1, 0.15) is 34.6 Å². The zero-order chi connectivity index (χ0) is 19.8. The lowest BCUT2D eigenvalue weighted by Gasteiger charge is -2.23. The molecule has 0 spiro atoms. The SMILES string of the molecule is COc1ccc2c(OC(C)(C)C)cc(-c3csc(NC(C)C)n3)nc2c1Br. The second-order valence-corrected chi connectivity index (χ2v) is 9.19. The molecule has 0 aliphatic heterocycles. The quantitative estimate of drug-likeness (QED) is 0.507. The van der Waals surface area contributed by atoms with Crippen LogP contribution in [-0.4, -0.2) is 28.7 Å². The van der Waals surface area contributed by atoms with Crippen LogP contribution in [0, 0.1) is 0 Å². The third kappa shape index (κ3) is 4.52. The number of hydrogen-bond donors (Lipinski definition) is 1. The molecule has 0 aliphatic carbocycles. The van der Waals surface area contributed by atoms with Gasteiger partial charge in [-0.05, 0) is 62.7 Å². The predicted molar refractivity (Wildman–Crippen MR) is 116 cm³/mol. The summed E-state index contributed by atoms with van der Waals surface area (Å²) in [6, 6.07) is 6.17. The van der Waals surface area contributed by atoms with E-state index in [1.165, 1.54) is 0 Å². The van der Waals surface area contributed by atoms with Crippen molar-refractivity contribution < 1.29 is 9.47 Å². The van der Waals surface area contributed by atoms with Gasteiger partial charge in [-0.3, -0.25) is 0 Å². The molecule has 0 radical (unpaired) electrons. The van der Waals surface area contributed by atoms with Crippen LogP contribution in [0.25, 0.3) is 22.3 Å². The van der Waals surface area contributed by atoms with Crippen molar-refractivity contribution in [2.45, 2.75) is 46.3 Å². The van der Waals surface area contributed by atoms with Crippen molar-refractivity contribution in [2.24, 2.45) is 0 Å². The maximum atomic E-state index is 6.24. The van der Waals surface area contributed by atoms with Gasteiger partial charge in [0.05, 0.1) is 22.8 Å². The van der Waals surface area contributed by atoms with Crippen molar-refractivity contribution >= 4 is 43.3 Å². The number of anilines is 1. The molecule has 7 heteroatoms. The van der Waals surface area contributed by atoms with Crippen molar-refractivity contribution in [3.63, 3.8) is 0 Å². The molecule has 2 heterocycles. The number of ether oxygens (including phenoxy) is 2. The Morgan fingerprint density at radius 1 is 1.11 bits per heavy atom. The Labute approximate surface area is 172 Å². The van der Waals surface area contributed by atoms with E-state index in [-0.39, 0.29) is 5.60 Å². The third-order valence-corrected chi connectivity index (χ3v) is 5.20. The van der Waals surface area contributed by atoms with Gasteiger partial charge >= 0.3 is 0 Å². The topological polar surface area (TPSA) is 56.3 Å². The number of benzene rings is 1. The van der Waals surface area contributed by atoms with Crippen molar-refractivity contribution in [3.8, 4) is 22.9 Å². The van der Waals surface area contributed by atoms with Gasteiger partial charge in [0.2, 0.25) is 0 Å². The van der Waals surface area contributed by atoms with Gasteiger partial charge in [0.1, 0.15) is 22.8 Å². The fourth-order valence-electron chi connectivity index (χ4n) is 2.62. The van der Waals surface area contributed by atoms with Gasteiger partial charge in [-0.1, -0.05) is 0 Å². The number of aromatic nitrogens is 2. The first kappa shape index (κ1) is 19.9. The second-order valence-electron chi connectivity index (χ2n) is 7.53. The number of methoxy groups -OCH3 is 1. The minimum Gasteiger partial charge on any atom is -0.495 e. The minimum atomic E-state index is -0.329. The first-order valence-corrected chi connectivity index (χ1v) is 10.4. The predicted octanol–water partition coefficient (Wildman–Crippen LogP) is 6.13. The largest absolute Gasteiger partial charge is 0.495 e. The lowest BCUT2D eigenvalue weighted by molar-refractivity contribution is 0.133. The summed E-state index contributed by atoms with van der Waals surface area (Å²) >= 11 is 5.20. The molecule has 0 amide bonds. The van der Waals surface area contributed by atoms with Gasteiger partial charge in [0.15, 0.2) is 5.13 Å². The summed E-state index contributed by atoms with van der Waals surface area (Å²) in [5.74, 6) is 1.51. The molecule has 3 aromatic rings. The number of nitrogens with zero attached hydrogens (tertiary/aromatic N) is 2. The zero-order valence-corrected chi connectivity index (χ0v) is 18.8. The van der Waals surface area contributed by atoms with E-state index in [0.717, 1.165) is 43.4 Å². The lowest BCUT2D eigenvalue weighted by Crippen LogP contribution is -2.23. The average Bonchev–Trinajstić information content (AvgIpc) is 3.02. The maximum absolute atomic E-state index is 6.24. The van der Waals surface area contributed by atoms with E-state index in [1.807, 2.05) is 44.4 Å². The summed E-state index contributed by atoms with van der Waals surface area (Å²) in [5, 5.41) is 7.15. The molecule has 1 N–H and O–H groups in total. The summed E-state index contributed by atoms with van der Waals surface area (Å²) in [4.78, 5) is 9.53. The van der Waals surface area contributed by atoms with Crippen molar-refractivity contribution in [1.29, 1.82) is 0 Å². The summed E-state index contributed by atoms with van der Waals surface area (Å²) in [5.41, 5.74) is 2.05. The van der Waals surface area contributed by atoms with E-state index >= 15 is 0 Å². The molecular weight excluding hydrogens is 426 g/mol. The summed E-state index contributed by atoms with van der Waals surface area (Å²) in [7, 11) is 1.65. The Morgan fingerprint density at radius 2 is 1.85 bits per heavy atom. The normalized spacial score (nSPS) is 11.9. The molecule has 0 fully saturated rings. The summed E-state index contributed by atoms with van der Waals surface area (Å²) in [6.07, 6.45) is 0. The van der Waals surface area contributed by atoms with Crippen LogP contribution < -0.4 is 14.8 Å². The Kier molecular flexibility index (Phi) is 5.63. The van der Waals surface area contributed by atoms with Crippen LogP contribution in [0.4, 0.5) is 5.13 Å². The molecule has 0 bridgehead atoms. The van der Waals surface area contributed by atoms with Crippen LogP contribution >= 0.6 is 27.3 Å². The first-order chi connectivity index (χ1) is 12.7. The maximum Gasteiger partial charge on any atom is 0.183 e. The fraction of sp³-hybridized carbons (Fsp3) is 0.400. The molecule has 144 valence electrons. The van der Waals surface area contributed by atoms with E-state index in [2.05, 4.69) is 40.1 Å². The molecule has 1 aromatic carbocycles. The standard InChI is InChI=1S/C20H24BrN3O2S/c1-11(2)22-19-24-14(10-27-19)13-9-16(26-20(3,4)5)12-7-8-15(25-6)17(21)18(12)23-13/h7-11H,1-6H3,(H,22,24). The minimum absolute atomic E-state index is 0.326. The third-order valence-electron chi connectivity index (χ3n) is 3.66. The van der Waals surface area contributed by atoms with Gasteiger partial charge in [0, 0.05) is 22.9 Å². The number of rotatable bonds is 5. The molecule has 0 atom stereocenters. The van der Waals surface area contributed by atoms with E-state index in [4.69, 9.17) is 14.5 Å². The highest BCUT2D eigenvalue weighted by Crippen LogP contribution is 2.39. The van der Waals surface area contributed by atoms with Crippen molar-refractivity contribution in [1.82, 2.24) is 9.97 Å². The average molecular weight is 450 g/mol. The van der Waals surface area contributed by atoms with Crippen LogP contribution in [-0.2, 0) is 0 Å². The second kappa shape index (κ2) is 7.64. The number of hydrogen-bond acceptors (Lipinski definition) is 6. The fourth-order valence-corrected chi connectivity index (χ4v) is 4.06. The van der Waals surface area contributed by atoms with Crippen LogP contribution in [0.15, 0.2) is 28.1 Å². The van der Waals surface area contributed by atoms with Gasteiger partial charge in [-0.15, -0.1) is 11.3 Å². The van der Waals surface area contributed by atoms with Crippen molar-refractivity contribution in [2.75, 3.05) is 12.4 Å². The Morgan fingerprint density at radius 3 is 2.48 bits per heavy atom. The molecule has 0 unspecified atom stereocenters. The molecule has 5 nitrogen and oxygen atoms in total. The zero-order valence-electron chi connectivity index (χ0n) is 16.4. The Bertz CT molecular complexity index is 964. The van der Waals surface area contributed by atoms with E-state index in [0.29, 0.717) is 6.04 Å². The molecule has 0 aliphatic rings. The highest BCUT2D eigenvalue weighted by Gasteiger charge is 2.19. The number of nitrogens with one attached hydrogen (secondary N) is 1. The van der Waals surface area contributed by atoms with E-state index < -0.39 is 0 Å². The highest BCUT2D eigenvalue weighted by atomic mass is 79.9. The molecule has 0 saturated heterocycles. The molecule has 27 heavy (non-hydrogen) atoms. The molecule has 2 aromatic heterocycles. The van der Waals surface area contributed by atoms with Gasteiger partial charge in [0.25, 0.3) is 0 Å². The Balaban J connectivity index is 2.17. The van der Waals surface area contributed by atoms with E-state index in [1.54, 1.807) is 18.4 Å². The summed E-state index contributed by atoms with van der Waals surface area (Å²) in [6.45, 7) is 10.3. The lowest BCUT2D eigenvalue weighted by atomic mass is 10.1. The molecule has 3 rings (SSSR count). The van der Waals surface area contributed by atoms with Gasteiger partial charge in [-0.25, -0.2) is 9.97 Å². The highest BCUT2D eigenvalue weighted by molar-refractivity contribution is 9.10. The van der Waals surface area contributed by atoms with Gasteiger partial charge in [-0.2, -0.15) is 0 Å². The van der Waals surface area contributed by atoms with Crippen LogP contribution in [0.2, 0.25) is 0 Å². The number of fused-ring (bicyclic) bond motifs is 1. The number of halogens is 1. The number of pyridine rings is 1. The Hall–Kier alpha value is -1.86. The summed E-state index contributed by atoms with van der Waals surface area (Å²) < 4.78 is 12.5. The number of thiazole rings is 1. The van der Waals surface area contributed by atoms with E-state index in [9.17, 15) is 0 Å². The van der Waals surface area contributed by atoms with Crippen LogP contribution in [0.5, 0.6) is 11.5 Å². The molecule has 0 saturated carbocycles. The van der Waals surface area contributed by atoms with Gasteiger partial charge < -0.3 is 14.8 Å². The monoisotopic (exact) mass is 449 g/mol. The molecular formula is C20H24BrN3O2S. The smallest absolute Gasteiger partial charge is 0.183 e. The first-order valence-electron chi connectivity index (χ1n) is 8.76. The van der Waals surface area contributed by atoms with Crippen LogP contribution in [0.3, 0.4) is 0 Å².